The Morgan fingerprint density at radius 3 is 2.56 bits per heavy atom. The summed E-state index contributed by atoms with van der Waals surface area (Å²) in [6, 6.07) is 20.7. The van der Waals surface area contributed by atoms with Crippen molar-refractivity contribution >= 4 is 17.5 Å². The summed E-state index contributed by atoms with van der Waals surface area (Å²) in [5, 5.41) is 20.9. The lowest BCUT2D eigenvalue weighted by molar-refractivity contribution is -0.113. The van der Waals surface area contributed by atoms with Crippen LogP contribution in [0.15, 0.2) is 84.1 Å². The first-order valence-corrected chi connectivity index (χ1v) is 11.3. The van der Waals surface area contributed by atoms with Crippen LogP contribution in [0, 0.1) is 0 Å². The van der Waals surface area contributed by atoms with E-state index in [2.05, 4.69) is 15.6 Å². The summed E-state index contributed by atoms with van der Waals surface area (Å²) >= 11 is 0. The summed E-state index contributed by atoms with van der Waals surface area (Å²) in [7, 11) is 3.16. The van der Waals surface area contributed by atoms with Gasteiger partial charge in [-0.1, -0.05) is 30.3 Å². The van der Waals surface area contributed by atoms with E-state index >= 15 is 0 Å². The Kier molecular flexibility index (Phi) is 6.03. The van der Waals surface area contributed by atoms with E-state index in [0.29, 0.717) is 51.4 Å². The number of allylic oxidation sites excluding steroid dienone is 1. The lowest BCUT2D eigenvalue weighted by Crippen LogP contribution is -2.31. The van der Waals surface area contributed by atoms with Gasteiger partial charge in [0.15, 0.2) is 5.82 Å². The molecule has 1 aliphatic heterocycles. The van der Waals surface area contributed by atoms with Gasteiger partial charge in [0.1, 0.15) is 23.3 Å². The molecule has 9 nitrogen and oxygen atoms in total. The van der Waals surface area contributed by atoms with Crippen molar-refractivity contribution in [1.29, 1.82) is 0 Å². The molecule has 1 unspecified atom stereocenters. The summed E-state index contributed by atoms with van der Waals surface area (Å²) < 4.78 is 12.8. The Hall–Kier alpha value is -4.79. The summed E-state index contributed by atoms with van der Waals surface area (Å²) in [5.74, 6) is 1.85. The Balaban J connectivity index is 1.67. The quantitative estimate of drug-likeness (QED) is 0.368. The molecule has 1 aliphatic rings. The zero-order chi connectivity index (χ0) is 25.2. The van der Waals surface area contributed by atoms with Crippen molar-refractivity contribution in [3.8, 4) is 28.6 Å². The van der Waals surface area contributed by atoms with E-state index in [9.17, 15) is 9.90 Å². The number of fused-ring (bicyclic) bond motifs is 1. The second-order valence-corrected chi connectivity index (χ2v) is 8.25. The van der Waals surface area contributed by atoms with E-state index in [1.807, 2.05) is 49.4 Å². The number of amides is 1. The fourth-order valence-electron chi connectivity index (χ4n) is 4.27. The number of rotatable bonds is 6. The van der Waals surface area contributed by atoms with Crippen LogP contribution in [0.4, 0.5) is 11.6 Å². The zero-order valence-electron chi connectivity index (χ0n) is 20.0. The van der Waals surface area contributed by atoms with Crippen molar-refractivity contribution in [2.45, 2.75) is 13.0 Å². The number of phenolic OH excluding ortho intramolecular Hbond substituents is 1. The molecular weight excluding hydrogens is 458 g/mol. The van der Waals surface area contributed by atoms with Gasteiger partial charge in [0, 0.05) is 22.5 Å². The second kappa shape index (κ2) is 9.46. The normalized spacial score (nSPS) is 14.6. The van der Waals surface area contributed by atoms with Gasteiger partial charge < -0.3 is 25.2 Å². The molecule has 3 aromatic carbocycles. The molecule has 0 fully saturated rings. The lowest BCUT2D eigenvalue weighted by Gasteiger charge is -2.29. The van der Waals surface area contributed by atoms with Crippen molar-refractivity contribution in [3.05, 3.63) is 89.6 Å². The number of anilines is 2. The number of carbonyl (C=O) groups excluding carboxylic acids is 1. The number of nitrogens with zero attached hydrogens (tertiary/aromatic N) is 3. The Labute approximate surface area is 208 Å². The lowest BCUT2D eigenvalue weighted by atomic mass is 9.94. The molecule has 3 N–H and O–H groups in total. The van der Waals surface area contributed by atoms with Gasteiger partial charge >= 0.3 is 0 Å². The van der Waals surface area contributed by atoms with Crippen molar-refractivity contribution in [3.63, 3.8) is 0 Å². The molecule has 36 heavy (non-hydrogen) atoms. The maximum atomic E-state index is 13.7. The summed E-state index contributed by atoms with van der Waals surface area (Å²) in [4.78, 5) is 18.3. The van der Waals surface area contributed by atoms with Crippen molar-refractivity contribution in [2.75, 3.05) is 24.9 Å². The molecule has 1 aromatic heterocycles. The van der Waals surface area contributed by atoms with Crippen LogP contribution in [-0.2, 0) is 4.79 Å². The number of hydrogen-bond acceptors (Lipinski definition) is 7. The number of ether oxygens (including phenoxy) is 2. The van der Waals surface area contributed by atoms with Crippen LogP contribution < -0.4 is 20.1 Å². The van der Waals surface area contributed by atoms with E-state index in [1.54, 1.807) is 49.2 Å². The third-order valence-electron chi connectivity index (χ3n) is 5.96. The molecule has 0 radical (unpaired) electrons. The molecule has 5 rings (SSSR count). The van der Waals surface area contributed by atoms with Gasteiger partial charge in [0.2, 0.25) is 5.95 Å². The Morgan fingerprint density at radius 2 is 1.83 bits per heavy atom. The van der Waals surface area contributed by atoms with Crippen LogP contribution >= 0.6 is 0 Å². The summed E-state index contributed by atoms with van der Waals surface area (Å²) in [6.07, 6.45) is 0. The van der Waals surface area contributed by atoms with Crippen LogP contribution in [0.1, 0.15) is 18.5 Å². The molecule has 1 amide bonds. The number of hydrogen-bond donors (Lipinski definition) is 3. The average molecular weight is 484 g/mol. The van der Waals surface area contributed by atoms with Crippen LogP contribution in [0.25, 0.3) is 11.4 Å². The molecule has 4 aromatic rings. The van der Waals surface area contributed by atoms with Gasteiger partial charge in [-0.25, -0.2) is 4.68 Å². The highest BCUT2D eigenvalue weighted by molar-refractivity contribution is 6.06. The number of carbonyl (C=O) groups is 1. The smallest absolute Gasteiger partial charge is 0.255 e. The molecule has 2 heterocycles. The maximum Gasteiger partial charge on any atom is 0.255 e. The van der Waals surface area contributed by atoms with Gasteiger partial charge in [-0.3, -0.25) is 4.79 Å². The van der Waals surface area contributed by atoms with Crippen molar-refractivity contribution < 1.29 is 19.4 Å². The van der Waals surface area contributed by atoms with Crippen LogP contribution in [0.2, 0.25) is 0 Å². The third-order valence-corrected chi connectivity index (χ3v) is 5.96. The van der Waals surface area contributed by atoms with Crippen molar-refractivity contribution in [1.82, 2.24) is 14.8 Å². The number of aromatic hydroxyl groups is 1. The first-order chi connectivity index (χ1) is 17.5. The van der Waals surface area contributed by atoms with Crippen LogP contribution in [-0.4, -0.2) is 40.0 Å². The molecule has 0 spiro atoms. The number of nitrogens with one attached hydrogen (secondary N) is 2. The molecule has 0 saturated carbocycles. The highest BCUT2D eigenvalue weighted by Gasteiger charge is 2.36. The van der Waals surface area contributed by atoms with Gasteiger partial charge in [0.05, 0.1) is 19.8 Å². The minimum Gasteiger partial charge on any atom is -0.508 e. The average Bonchev–Trinajstić information content (AvgIpc) is 3.31. The topological polar surface area (TPSA) is 111 Å². The Bertz CT molecular complexity index is 1460. The number of para-hydroxylation sites is 1. The highest BCUT2D eigenvalue weighted by Crippen LogP contribution is 2.41. The first-order valence-electron chi connectivity index (χ1n) is 11.3. The largest absolute Gasteiger partial charge is 0.508 e. The first kappa shape index (κ1) is 23.0. The fraction of sp³-hybridized carbons (Fsp3) is 0.148. The molecule has 182 valence electrons. The number of benzene rings is 3. The minimum atomic E-state index is -0.673. The zero-order valence-corrected chi connectivity index (χ0v) is 20.0. The van der Waals surface area contributed by atoms with Crippen LogP contribution in [0.5, 0.6) is 17.2 Å². The standard InChI is InChI=1S/C27H25N5O4/c1-16-23(26(34)29-18-9-5-4-6-10-18)24(21-15-20(35-2)12-13-22(21)36-3)32-27(28-16)30-25(31-32)17-8-7-11-19(33)14-17/h4-15,24,33H,1-3H3,(H,29,34)(H,28,30,31). The second-order valence-electron chi connectivity index (χ2n) is 8.25. The predicted octanol–water partition coefficient (Wildman–Crippen LogP) is 4.60. The minimum absolute atomic E-state index is 0.108. The molecule has 1 atom stereocenters. The monoisotopic (exact) mass is 483 g/mol. The Morgan fingerprint density at radius 1 is 1.03 bits per heavy atom. The maximum absolute atomic E-state index is 13.7. The number of aromatic nitrogens is 3. The molecule has 9 heteroatoms. The SMILES string of the molecule is COc1ccc(OC)c(C2C(C(=O)Nc3ccccc3)=C(C)Nc3nc(-c4cccc(O)c4)nn32)c1. The van der Waals surface area contributed by atoms with E-state index in [-0.39, 0.29) is 11.7 Å². The highest BCUT2D eigenvalue weighted by atomic mass is 16.5. The van der Waals surface area contributed by atoms with Gasteiger partial charge in [0.25, 0.3) is 5.91 Å². The summed E-state index contributed by atoms with van der Waals surface area (Å²) in [6.45, 7) is 1.83. The predicted molar refractivity (Wildman–Crippen MR) is 136 cm³/mol. The number of phenols is 1. The van der Waals surface area contributed by atoms with E-state index in [4.69, 9.17) is 14.6 Å². The fourth-order valence-corrected chi connectivity index (χ4v) is 4.27. The molecule has 0 saturated heterocycles. The third kappa shape index (κ3) is 4.22. The van der Waals surface area contributed by atoms with E-state index in [0.717, 1.165) is 0 Å². The molecule has 0 aliphatic carbocycles. The number of methoxy groups -OCH3 is 2. The van der Waals surface area contributed by atoms with E-state index < -0.39 is 6.04 Å². The van der Waals surface area contributed by atoms with Gasteiger partial charge in [-0.05, 0) is 49.4 Å². The van der Waals surface area contributed by atoms with Crippen molar-refractivity contribution in [2.24, 2.45) is 0 Å². The van der Waals surface area contributed by atoms with Gasteiger partial charge in [-0.2, -0.15) is 4.98 Å². The molecular formula is C27H25N5O4. The summed E-state index contributed by atoms with van der Waals surface area (Å²) in [5.41, 5.74) is 3.07. The van der Waals surface area contributed by atoms with Crippen LogP contribution in [0.3, 0.4) is 0 Å². The van der Waals surface area contributed by atoms with E-state index in [1.165, 1.54) is 0 Å². The molecule has 0 bridgehead atoms. The van der Waals surface area contributed by atoms with Gasteiger partial charge in [-0.15, -0.1) is 5.10 Å².